The topological polar surface area (TPSA) is 156 Å². The van der Waals surface area contributed by atoms with Crippen molar-refractivity contribution in [2.75, 3.05) is 27.1 Å². The lowest BCUT2D eigenvalue weighted by Gasteiger charge is -2.29. The van der Waals surface area contributed by atoms with Crippen LogP contribution in [0, 0.1) is 0 Å². The number of hydrogen-bond donors (Lipinski definition) is 3. The van der Waals surface area contributed by atoms with E-state index in [9.17, 15) is 10.2 Å². The first-order valence-corrected chi connectivity index (χ1v) is 11.7. The van der Waals surface area contributed by atoms with Gasteiger partial charge in [0.25, 0.3) is 0 Å². The molecule has 0 bridgehead atoms. The zero-order valence-corrected chi connectivity index (χ0v) is 21.0. The maximum Gasteiger partial charge on any atom is 0.203 e. The van der Waals surface area contributed by atoms with Gasteiger partial charge in [-0.3, -0.25) is 4.57 Å². The lowest BCUT2D eigenvalue weighted by molar-refractivity contribution is -0.128. The number of aliphatic hydroxyl groups is 2. The van der Waals surface area contributed by atoms with Gasteiger partial charge in [0.15, 0.2) is 29.2 Å². The SMILES string of the molecule is CCCC(OC(C)c1cc(OC)c(OC)c(OC)c1)[C@H]1O[C@@H](n2cnc3c(N)ncnc32)[C@H](O)[C@@H]1O. The van der Waals surface area contributed by atoms with Gasteiger partial charge in [-0.1, -0.05) is 13.3 Å². The molecule has 1 fully saturated rings. The van der Waals surface area contributed by atoms with Crippen molar-refractivity contribution in [1.82, 2.24) is 19.5 Å². The predicted octanol–water partition coefficient (Wildman–Crippen LogP) is 2.00. The first-order chi connectivity index (χ1) is 17.3. The average Bonchev–Trinajstić information content (AvgIpc) is 3.44. The summed E-state index contributed by atoms with van der Waals surface area (Å²) in [5.41, 5.74) is 7.48. The zero-order chi connectivity index (χ0) is 26.0. The normalized spacial score (nSPS) is 23.5. The van der Waals surface area contributed by atoms with Crippen LogP contribution in [0.2, 0.25) is 0 Å². The summed E-state index contributed by atoms with van der Waals surface area (Å²) >= 11 is 0. The minimum atomic E-state index is -1.23. The molecular formula is C24H33N5O7. The number of aromatic nitrogens is 4. The number of nitrogens with two attached hydrogens (primary N) is 1. The van der Waals surface area contributed by atoms with E-state index in [1.54, 1.807) is 25.9 Å². The molecule has 0 aliphatic carbocycles. The van der Waals surface area contributed by atoms with Crippen LogP contribution in [0.3, 0.4) is 0 Å². The maximum absolute atomic E-state index is 11.0. The Hall–Kier alpha value is -3.19. The van der Waals surface area contributed by atoms with Crippen LogP contribution in [0.25, 0.3) is 11.2 Å². The lowest BCUT2D eigenvalue weighted by Crippen LogP contribution is -2.40. The van der Waals surface area contributed by atoms with E-state index in [0.29, 0.717) is 34.8 Å². The molecule has 6 atom stereocenters. The molecule has 0 radical (unpaired) electrons. The van der Waals surface area contributed by atoms with E-state index in [0.717, 1.165) is 12.0 Å². The quantitative estimate of drug-likeness (QED) is 0.372. The minimum Gasteiger partial charge on any atom is -0.493 e. The Bertz CT molecular complexity index is 1160. The Kier molecular flexibility index (Phi) is 7.79. The molecule has 1 aliphatic rings. The fraction of sp³-hybridized carbons (Fsp3) is 0.542. The van der Waals surface area contributed by atoms with Crippen molar-refractivity contribution >= 4 is 17.0 Å². The summed E-state index contributed by atoms with van der Waals surface area (Å²) in [4.78, 5) is 12.4. The summed E-state index contributed by atoms with van der Waals surface area (Å²) in [5.74, 6) is 1.72. The number of benzene rings is 1. The van der Waals surface area contributed by atoms with Crippen LogP contribution in [-0.2, 0) is 9.47 Å². The van der Waals surface area contributed by atoms with E-state index in [1.807, 2.05) is 26.0 Å². The molecule has 2 aromatic heterocycles. The van der Waals surface area contributed by atoms with E-state index in [1.165, 1.54) is 12.7 Å². The first-order valence-electron chi connectivity index (χ1n) is 11.7. The summed E-state index contributed by atoms with van der Waals surface area (Å²) in [5, 5.41) is 21.9. The Morgan fingerprint density at radius 1 is 1.06 bits per heavy atom. The van der Waals surface area contributed by atoms with E-state index >= 15 is 0 Å². The molecule has 12 nitrogen and oxygen atoms in total. The van der Waals surface area contributed by atoms with Crippen LogP contribution in [-0.4, -0.2) is 75.5 Å². The van der Waals surface area contributed by atoms with Crippen molar-refractivity contribution in [3.63, 3.8) is 0 Å². The number of rotatable bonds is 10. The van der Waals surface area contributed by atoms with E-state index in [2.05, 4.69) is 15.0 Å². The van der Waals surface area contributed by atoms with Crippen molar-refractivity contribution in [2.45, 2.75) is 63.4 Å². The first kappa shape index (κ1) is 25.9. The lowest BCUT2D eigenvalue weighted by atomic mass is 10.0. The van der Waals surface area contributed by atoms with Crippen LogP contribution in [0.1, 0.15) is 44.6 Å². The number of imidazole rings is 1. The number of aliphatic hydroxyl groups excluding tert-OH is 2. The second-order valence-electron chi connectivity index (χ2n) is 8.62. The molecular weight excluding hydrogens is 470 g/mol. The standard InChI is InChI=1S/C24H33N5O7/c1-6-7-14(35-12(2)13-8-15(32-3)20(34-5)16(9-13)33-4)21-18(30)19(31)24(36-21)29-11-28-17-22(25)26-10-27-23(17)29/h8-12,14,18-19,21,24,30-31H,6-7H2,1-5H3,(H2,25,26,27)/t12?,14?,18-,19+,21+,24+/m0/s1. The molecule has 1 aliphatic heterocycles. The number of nitrogen functional groups attached to an aromatic ring is 1. The molecule has 0 spiro atoms. The molecule has 4 N–H and O–H groups in total. The fourth-order valence-electron chi connectivity index (χ4n) is 4.55. The van der Waals surface area contributed by atoms with Gasteiger partial charge in [-0.05, 0) is 31.0 Å². The van der Waals surface area contributed by atoms with Crippen molar-refractivity contribution < 1.29 is 33.9 Å². The van der Waals surface area contributed by atoms with Crippen LogP contribution in [0.15, 0.2) is 24.8 Å². The number of nitrogens with zero attached hydrogens (tertiary/aromatic N) is 4. The van der Waals surface area contributed by atoms with Crippen molar-refractivity contribution in [1.29, 1.82) is 0 Å². The molecule has 4 rings (SSSR count). The van der Waals surface area contributed by atoms with Gasteiger partial charge in [-0.15, -0.1) is 0 Å². The van der Waals surface area contributed by atoms with Crippen molar-refractivity contribution in [3.8, 4) is 17.2 Å². The Balaban J connectivity index is 1.59. The van der Waals surface area contributed by atoms with Crippen LogP contribution >= 0.6 is 0 Å². The molecule has 0 amide bonds. The Morgan fingerprint density at radius 2 is 1.75 bits per heavy atom. The Labute approximate surface area is 208 Å². The summed E-state index contributed by atoms with van der Waals surface area (Å²) in [7, 11) is 4.64. The van der Waals surface area contributed by atoms with Crippen LogP contribution in [0.5, 0.6) is 17.2 Å². The molecule has 196 valence electrons. The van der Waals surface area contributed by atoms with Crippen LogP contribution < -0.4 is 19.9 Å². The van der Waals surface area contributed by atoms with Gasteiger partial charge >= 0.3 is 0 Å². The smallest absolute Gasteiger partial charge is 0.203 e. The molecule has 1 aromatic carbocycles. The third-order valence-corrected chi connectivity index (χ3v) is 6.41. The average molecular weight is 504 g/mol. The molecule has 1 saturated heterocycles. The van der Waals surface area contributed by atoms with E-state index < -0.39 is 36.7 Å². The molecule has 12 heteroatoms. The monoisotopic (exact) mass is 503 g/mol. The number of fused-ring (bicyclic) bond motifs is 1. The third kappa shape index (κ3) is 4.64. The van der Waals surface area contributed by atoms with Crippen LogP contribution in [0.4, 0.5) is 5.82 Å². The molecule has 2 unspecified atom stereocenters. The summed E-state index contributed by atoms with van der Waals surface area (Å²) in [6, 6.07) is 3.64. The summed E-state index contributed by atoms with van der Waals surface area (Å²) in [6.07, 6.45) is -0.946. The summed E-state index contributed by atoms with van der Waals surface area (Å²) in [6.45, 7) is 3.90. The highest BCUT2D eigenvalue weighted by Gasteiger charge is 2.48. The van der Waals surface area contributed by atoms with Gasteiger partial charge in [0, 0.05) is 0 Å². The van der Waals surface area contributed by atoms with E-state index in [4.69, 9.17) is 29.4 Å². The largest absolute Gasteiger partial charge is 0.493 e. The maximum atomic E-state index is 11.0. The van der Waals surface area contributed by atoms with Gasteiger partial charge in [-0.2, -0.15) is 0 Å². The molecule has 0 saturated carbocycles. The molecule has 36 heavy (non-hydrogen) atoms. The number of ether oxygens (including phenoxy) is 5. The highest BCUT2D eigenvalue weighted by Crippen LogP contribution is 2.41. The van der Waals surface area contributed by atoms with Gasteiger partial charge < -0.3 is 39.6 Å². The Morgan fingerprint density at radius 3 is 2.36 bits per heavy atom. The summed E-state index contributed by atoms with van der Waals surface area (Å²) < 4.78 is 30.5. The van der Waals surface area contributed by atoms with Crippen molar-refractivity contribution in [2.24, 2.45) is 0 Å². The van der Waals surface area contributed by atoms with Gasteiger partial charge in [-0.25, -0.2) is 15.0 Å². The number of anilines is 1. The van der Waals surface area contributed by atoms with E-state index in [-0.39, 0.29) is 5.82 Å². The second-order valence-corrected chi connectivity index (χ2v) is 8.62. The molecule has 3 heterocycles. The fourth-order valence-corrected chi connectivity index (χ4v) is 4.55. The minimum absolute atomic E-state index is 0.217. The van der Waals surface area contributed by atoms with Gasteiger partial charge in [0.1, 0.15) is 30.2 Å². The second kappa shape index (κ2) is 10.8. The zero-order valence-electron chi connectivity index (χ0n) is 21.0. The number of hydrogen-bond acceptors (Lipinski definition) is 11. The third-order valence-electron chi connectivity index (χ3n) is 6.41. The highest BCUT2D eigenvalue weighted by atomic mass is 16.6. The number of methoxy groups -OCH3 is 3. The molecule has 3 aromatic rings. The van der Waals surface area contributed by atoms with Crippen molar-refractivity contribution in [3.05, 3.63) is 30.4 Å². The highest BCUT2D eigenvalue weighted by molar-refractivity contribution is 5.81. The predicted molar refractivity (Wildman–Crippen MR) is 130 cm³/mol. The van der Waals surface area contributed by atoms with Gasteiger partial charge in [0.05, 0.1) is 39.9 Å². The van der Waals surface area contributed by atoms with Gasteiger partial charge in [0.2, 0.25) is 5.75 Å².